The summed E-state index contributed by atoms with van der Waals surface area (Å²) in [5.74, 6) is -2.97. The second-order valence-electron chi connectivity index (χ2n) is 4.96. The van der Waals surface area contributed by atoms with Crippen molar-refractivity contribution in [2.75, 3.05) is 7.11 Å². The first kappa shape index (κ1) is 13.5. The number of alkyl halides is 1. The SMILES string of the molecule is COC(=O)[C@@]1(F)C(=O)c2ccccc2[C@H]1c1ccccc1. The van der Waals surface area contributed by atoms with Gasteiger partial charge in [-0.15, -0.1) is 0 Å². The van der Waals surface area contributed by atoms with Gasteiger partial charge in [0, 0.05) is 5.56 Å². The Morgan fingerprint density at radius 3 is 2.38 bits per heavy atom. The van der Waals surface area contributed by atoms with E-state index in [4.69, 9.17) is 0 Å². The number of halogens is 1. The number of methoxy groups -OCH3 is 1. The van der Waals surface area contributed by atoms with Crippen LogP contribution in [0.4, 0.5) is 4.39 Å². The van der Waals surface area contributed by atoms with Crippen LogP contribution in [0, 0.1) is 0 Å². The molecule has 3 rings (SSSR count). The molecule has 0 radical (unpaired) electrons. The van der Waals surface area contributed by atoms with Crippen molar-refractivity contribution in [3.8, 4) is 0 Å². The molecule has 2 atom stereocenters. The van der Waals surface area contributed by atoms with Crippen molar-refractivity contribution in [3.63, 3.8) is 0 Å². The Morgan fingerprint density at radius 1 is 1.10 bits per heavy atom. The number of carbonyl (C=O) groups excluding carboxylic acids is 2. The number of fused-ring (bicyclic) bond motifs is 1. The van der Waals surface area contributed by atoms with Crippen LogP contribution in [0.3, 0.4) is 0 Å². The molecule has 106 valence electrons. The molecule has 3 nitrogen and oxygen atoms in total. The Bertz CT molecular complexity index is 711. The van der Waals surface area contributed by atoms with Gasteiger partial charge < -0.3 is 4.74 Å². The van der Waals surface area contributed by atoms with Gasteiger partial charge in [-0.05, 0) is 11.1 Å². The average Bonchev–Trinajstić information content (AvgIpc) is 2.77. The molecule has 4 heteroatoms. The first-order valence-electron chi connectivity index (χ1n) is 6.56. The monoisotopic (exact) mass is 284 g/mol. The third-order valence-corrected chi connectivity index (χ3v) is 3.86. The van der Waals surface area contributed by atoms with E-state index in [2.05, 4.69) is 4.74 Å². The summed E-state index contributed by atoms with van der Waals surface area (Å²) in [5.41, 5.74) is -1.38. The Labute approximate surface area is 121 Å². The fourth-order valence-electron chi connectivity index (χ4n) is 2.91. The zero-order valence-corrected chi connectivity index (χ0v) is 11.4. The van der Waals surface area contributed by atoms with Crippen molar-refractivity contribution in [1.82, 2.24) is 0 Å². The van der Waals surface area contributed by atoms with E-state index < -0.39 is 23.3 Å². The number of ether oxygens (including phenoxy) is 1. The van der Waals surface area contributed by atoms with Crippen molar-refractivity contribution < 1.29 is 18.7 Å². The maximum absolute atomic E-state index is 15.4. The molecule has 0 saturated carbocycles. The standard InChI is InChI=1S/C17H13FO3/c1-21-16(20)17(18)14(11-7-3-2-4-8-11)12-9-5-6-10-13(12)15(17)19/h2-10,14H,1H3/t14-,17+/m1/s1. The Kier molecular flexibility index (Phi) is 3.09. The molecule has 1 aliphatic rings. The summed E-state index contributed by atoms with van der Waals surface area (Å²) in [6, 6.07) is 15.3. The number of hydrogen-bond donors (Lipinski definition) is 0. The number of rotatable bonds is 2. The molecule has 0 aromatic heterocycles. The van der Waals surface area contributed by atoms with Gasteiger partial charge in [0.05, 0.1) is 13.0 Å². The molecule has 0 N–H and O–H groups in total. The lowest BCUT2D eigenvalue weighted by Crippen LogP contribution is -2.44. The van der Waals surface area contributed by atoms with Crippen molar-refractivity contribution in [3.05, 3.63) is 71.3 Å². The van der Waals surface area contributed by atoms with Crippen LogP contribution in [0.2, 0.25) is 0 Å². The molecule has 2 aromatic rings. The highest BCUT2D eigenvalue weighted by atomic mass is 19.1. The van der Waals surface area contributed by atoms with Crippen LogP contribution in [0.15, 0.2) is 54.6 Å². The van der Waals surface area contributed by atoms with Crippen molar-refractivity contribution in [2.24, 2.45) is 0 Å². The molecule has 0 bridgehead atoms. The molecule has 0 aliphatic heterocycles. The van der Waals surface area contributed by atoms with Gasteiger partial charge in [-0.1, -0.05) is 54.6 Å². The lowest BCUT2D eigenvalue weighted by Gasteiger charge is -2.24. The molecular formula is C17H13FO3. The Hall–Kier alpha value is -2.49. The van der Waals surface area contributed by atoms with Gasteiger partial charge in [-0.3, -0.25) is 4.79 Å². The first-order valence-corrected chi connectivity index (χ1v) is 6.56. The smallest absolute Gasteiger partial charge is 0.352 e. The van der Waals surface area contributed by atoms with Crippen molar-refractivity contribution in [2.45, 2.75) is 11.6 Å². The van der Waals surface area contributed by atoms with Crippen molar-refractivity contribution >= 4 is 11.8 Å². The van der Waals surface area contributed by atoms with Gasteiger partial charge in [0.2, 0.25) is 5.78 Å². The van der Waals surface area contributed by atoms with Gasteiger partial charge in [0.15, 0.2) is 0 Å². The summed E-state index contributed by atoms with van der Waals surface area (Å²) in [5, 5.41) is 0. The third-order valence-electron chi connectivity index (χ3n) is 3.86. The van der Waals surface area contributed by atoms with E-state index >= 15 is 4.39 Å². The molecule has 2 aromatic carbocycles. The normalized spacial score (nSPS) is 23.7. The van der Waals surface area contributed by atoms with E-state index in [1.807, 2.05) is 0 Å². The quantitative estimate of drug-likeness (QED) is 0.629. The van der Waals surface area contributed by atoms with E-state index in [1.54, 1.807) is 48.5 Å². The van der Waals surface area contributed by atoms with Crippen LogP contribution < -0.4 is 0 Å². The zero-order valence-electron chi connectivity index (χ0n) is 11.4. The Morgan fingerprint density at radius 2 is 1.71 bits per heavy atom. The zero-order chi connectivity index (χ0) is 15.0. The number of ketones is 1. The van der Waals surface area contributed by atoms with Crippen LogP contribution in [0.5, 0.6) is 0 Å². The maximum Gasteiger partial charge on any atom is 0.352 e. The van der Waals surface area contributed by atoms with E-state index in [9.17, 15) is 9.59 Å². The molecule has 0 spiro atoms. The summed E-state index contributed by atoms with van der Waals surface area (Å²) in [6.07, 6.45) is 0. The lowest BCUT2D eigenvalue weighted by atomic mass is 9.83. The second kappa shape index (κ2) is 4.81. The van der Waals surface area contributed by atoms with Crippen molar-refractivity contribution in [1.29, 1.82) is 0 Å². The maximum atomic E-state index is 15.4. The van der Waals surface area contributed by atoms with Crippen LogP contribution >= 0.6 is 0 Å². The lowest BCUT2D eigenvalue weighted by molar-refractivity contribution is -0.151. The van der Waals surface area contributed by atoms with Crippen LogP contribution in [0.1, 0.15) is 27.4 Å². The summed E-state index contributed by atoms with van der Waals surface area (Å²) in [4.78, 5) is 24.4. The number of hydrogen-bond acceptors (Lipinski definition) is 3. The van der Waals surface area contributed by atoms with Crippen LogP contribution in [0.25, 0.3) is 0 Å². The summed E-state index contributed by atoms with van der Waals surface area (Å²) in [7, 11) is 1.09. The molecular weight excluding hydrogens is 271 g/mol. The predicted octanol–water partition coefficient (Wildman–Crippen LogP) is 2.90. The summed E-state index contributed by atoms with van der Waals surface area (Å²) in [6.45, 7) is 0. The third kappa shape index (κ3) is 1.79. The first-order chi connectivity index (χ1) is 10.1. The van der Waals surface area contributed by atoms with E-state index in [0.717, 1.165) is 7.11 Å². The molecule has 0 amide bonds. The van der Waals surface area contributed by atoms with Gasteiger partial charge in [0.25, 0.3) is 5.67 Å². The second-order valence-corrected chi connectivity index (χ2v) is 4.96. The van der Waals surface area contributed by atoms with Gasteiger partial charge in [-0.25, -0.2) is 9.18 Å². The largest absolute Gasteiger partial charge is 0.466 e. The molecule has 21 heavy (non-hydrogen) atoms. The fourth-order valence-corrected chi connectivity index (χ4v) is 2.91. The molecule has 0 unspecified atom stereocenters. The topological polar surface area (TPSA) is 43.4 Å². The van der Waals surface area contributed by atoms with E-state index in [0.29, 0.717) is 11.1 Å². The van der Waals surface area contributed by atoms with E-state index in [1.165, 1.54) is 6.07 Å². The highest BCUT2D eigenvalue weighted by molar-refractivity contribution is 6.20. The highest BCUT2D eigenvalue weighted by Gasteiger charge is 2.61. The van der Waals surface area contributed by atoms with Crippen LogP contribution in [-0.4, -0.2) is 24.5 Å². The van der Waals surface area contributed by atoms with Crippen LogP contribution in [-0.2, 0) is 9.53 Å². The number of benzene rings is 2. The number of esters is 1. The molecule has 0 saturated heterocycles. The highest BCUT2D eigenvalue weighted by Crippen LogP contribution is 2.47. The summed E-state index contributed by atoms with van der Waals surface area (Å²) >= 11 is 0. The number of carbonyl (C=O) groups is 2. The molecule has 1 aliphatic carbocycles. The molecule has 0 fully saturated rings. The summed E-state index contributed by atoms with van der Waals surface area (Å²) < 4.78 is 20.0. The van der Waals surface area contributed by atoms with Gasteiger partial charge in [0.1, 0.15) is 0 Å². The van der Waals surface area contributed by atoms with Gasteiger partial charge in [-0.2, -0.15) is 0 Å². The average molecular weight is 284 g/mol. The minimum absolute atomic E-state index is 0.235. The number of Topliss-reactive ketones (excluding diaryl/α,β-unsaturated/α-hetero) is 1. The minimum Gasteiger partial charge on any atom is -0.466 e. The minimum atomic E-state index is -2.71. The van der Waals surface area contributed by atoms with Gasteiger partial charge >= 0.3 is 5.97 Å². The fraction of sp³-hybridized carbons (Fsp3) is 0.176. The van der Waals surface area contributed by atoms with E-state index in [-0.39, 0.29) is 5.56 Å². The Balaban J connectivity index is 2.26. The predicted molar refractivity (Wildman–Crippen MR) is 74.9 cm³/mol. The molecule has 0 heterocycles.